The number of thiophene rings is 4. The summed E-state index contributed by atoms with van der Waals surface area (Å²) in [5.41, 5.74) is -3.03. The molecule has 0 radical (unpaired) electrons. The molecular weight excluding hydrogens is 703 g/mol. The van der Waals surface area contributed by atoms with Gasteiger partial charge in [-0.25, -0.2) is 0 Å². The fourth-order valence-corrected chi connectivity index (χ4v) is 9.65. The maximum atomic E-state index is 16.1. The van der Waals surface area contributed by atoms with Gasteiger partial charge in [-0.05, 0) is 78.1 Å². The van der Waals surface area contributed by atoms with E-state index in [9.17, 15) is 0 Å². The largest absolute Gasteiger partial charge is 0.380 e. The van der Waals surface area contributed by atoms with E-state index in [1.54, 1.807) is 80.9 Å². The smallest absolute Gasteiger partial charge is 0.194 e. The summed E-state index contributed by atoms with van der Waals surface area (Å²) in [6, 6.07) is 9.72. The van der Waals surface area contributed by atoms with Crippen LogP contribution in [-0.4, -0.2) is 17.8 Å². The third-order valence-corrected chi connectivity index (χ3v) is 13.0. The lowest BCUT2D eigenvalue weighted by molar-refractivity contribution is -0.254. The molecule has 0 saturated heterocycles. The summed E-state index contributed by atoms with van der Waals surface area (Å²) in [5, 5.41) is 3.58. The van der Waals surface area contributed by atoms with Crippen molar-refractivity contribution in [3.8, 4) is 19.5 Å². The second kappa shape index (κ2) is 12.8. The summed E-state index contributed by atoms with van der Waals surface area (Å²) >= 11 is 10.3. The molecule has 4 heterocycles. The van der Waals surface area contributed by atoms with E-state index in [4.69, 9.17) is 0 Å². The number of halogens is 6. The average molecular weight is 729 g/mol. The molecule has 0 saturated carbocycles. The van der Waals surface area contributed by atoms with Gasteiger partial charge in [0.05, 0.1) is 0 Å². The van der Waals surface area contributed by atoms with Gasteiger partial charge in [-0.3, -0.25) is 0 Å². The number of hydrogen-bond donors (Lipinski definition) is 1. The molecule has 4 aromatic rings. The number of rotatable bonds is 9. The predicted octanol–water partition coefficient (Wildman–Crippen LogP) is 14.0. The monoisotopic (exact) mass is 728 g/mol. The molecule has 4 aromatic heterocycles. The van der Waals surface area contributed by atoms with Crippen molar-refractivity contribution in [2.45, 2.75) is 45.5 Å². The van der Waals surface area contributed by atoms with Gasteiger partial charge in [0.2, 0.25) is 0 Å². The van der Waals surface area contributed by atoms with Gasteiger partial charge >= 0.3 is 17.8 Å². The van der Waals surface area contributed by atoms with E-state index in [-0.39, 0.29) is 20.9 Å². The fourth-order valence-electron chi connectivity index (χ4n) is 4.79. The molecule has 45 heavy (non-hydrogen) atoms. The third-order valence-electron chi connectivity index (χ3n) is 7.07. The van der Waals surface area contributed by atoms with E-state index in [1.807, 2.05) is 0 Å². The van der Waals surface area contributed by atoms with Crippen LogP contribution in [0.1, 0.15) is 48.6 Å². The lowest BCUT2D eigenvalue weighted by atomic mass is 9.93. The molecule has 12 heteroatoms. The van der Waals surface area contributed by atoms with Crippen molar-refractivity contribution < 1.29 is 26.3 Å². The highest BCUT2D eigenvalue weighted by Crippen LogP contribution is 2.67. The van der Waals surface area contributed by atoms with Gasteiger partial charge in [0.15, 0.2) is 0 Å². The maximum Gasteiger partial charge on any atom is 0.380 e. The van der Waals surface area contributed by atoms with E-state index in [0.717, 1.165) is 27.6 Å². The Morgan fingerprint density at radius 2 is 1.27 bits per heavy atom. The molecule has 0 atom stereocenters. The molecule has 0 spiro atoms. The van der Waals surface area contributed by atoms with Crippen molar-refractivity contribution in [3.05, 3.63) is 103 Å². The Hall–Kier alpha value is -2.22. The van der Waals surface area contributed by atoms with Crippen LogP contribution in [0.3, 0.4) is 0 Å². The molecule has 0 aromatic carbocycles. The normalized spacial score (nSPS) is 18.2. The molecule has 5 rings (SSSR count). The standard InChI is InChI=1S/C33H26F6S6/c1-6-19(4)43-20(5)30-22(16-26(45-30)24-10-8-14-42-24)28-27(31(34,35)33(38,39)32(28,36)37)21-15-25(23-9-7-13-41-23)44-29(21)17(2)11-12-18(3)40/h6-16,40H,5H2,1-4H3/b17-11+,18-12-,19-6-. The zero-order valence-electron chi connectivity index (χ0n) is 24.3. The lowest BCUT2D eigenvalue weighted by Gasteiger charge is -2.26. The topological polar surface area (TPSA) is 0 Å². The average Bonchev–Trinajstić information content (AvgIpc) is 3.79. The van der Waals surface area contributed by atoms with Crippen molar-refractivity contribution in [1.29, 1.82) is 0 Å². The van der Waals surface area contributed by atoms with Crippen molar-refractivity contribution in [1.82, 2.24) is 0 Å². The number of thioether (sulfide) groups is 1. The minimum Gasteiger partial charge on any atom is -0.194 e. The van der Waals surface area contributed by atoms with Crippen LogP contribution in [0.15, 0.2) is 81.8 Å². The van der Waals surface area contributed by atoms with Gasteiger partial charge in [-0.1, -0.05) is 48.7 Å². The highest BCUT2D eigenvalue weighted by atomic mass is 32.2. The second-order valence-corrected chi connectivity index (χ2v) is 16.3. The molecule has 0 unspecified atom stereocenters. The van der Waals surface area contributed by atoms with Crippen molar-refractivity contribution >= 4 is 91.4 Å². The van der Waals surface area contributed by atoms with Crippen molar-refractivity contribution in [3.63, 3.8) is 0 Å². The molecule has 236 valence electrons. The van der Waals surface area contributed by atoms with Crippen molar-refractivity contribution in [2.24, 2.45) is 0 Å². The maximum absolute atomic E-state index is 16.1. The van der Waals surface area contributed by atoms with Crippen LogP contribution in [0.5, 0.6) is 0 Å². The zero-order chi connectivity index (χ0) is 32.9. The van der Waals surface area contributed by atoms with Gasteiger partial charge in [0, 0.05) is 56.4 Å². The van der Waals surface area contributed by atoms with Crippen LogP contribution in [-0.2, 0) is 0 Å². The summed E-state index contributed by atoms with van der Waals surface area (Å²) in [7, 11) is 0. The Morgan fingerprint density at radius 1 is 0.778 bits per heavy atom. The predicted molar refractivity (Wildman–Crippen MR) is 189 cm³/mol. The molecule has 1 aliphatic rings. The molecule has 0 fully saturated rings. The Labute approximate surface area is 283 Å². The minimum absolute atomic E-state index is 0.140. The number of hydrogen-bond acceptors (Lipinski definition) is 6. The summed E-state index contributed by atoms with van der Waals surface area (Å²) < 4.78 is 95.6. The van der Waals surface area contributed by atoms with Gasteiger partial charge in [-0.2, -0.15) is 26.3 Å². The Balaban J connectivity index is 1.90. The second-order valence-electron chi connectivity index (χ2n) is 10.2. The van der Waals surface area contributed by atoms with Crippen LogP contribution >= 0.6 is 69.7 Å². The van der Waals surface area contributed by atoms with Gasteiger partial charge < -0.3 is 0 Å². The molecule has 0 bridgehead atoms. The van der Waals surface area contributed by atoms with Crippen LogP contribution in [0.25, 0.3) is 41.1 Å². The van der Waals surface area contributed by atoms with E-state index >= 15 is 26.3 Å². The van der Waals surface area contributed by atoms with E-state index in [0.29, 0.717) is 34.9 Å². The summed E-state index contributed by atoms with van der Waals surface area (Å²) in [6.07, 6.45) is 5.04. The zero-order valence-corrected chi connectivity index (χ0v) is 29.3. The Kier molecular flexibility index (Phi) is 9.68. The Morgan fingerprint density at radius 3 is 1.71 bits per heavy atom. The summed E-state index contributed by atoms with van der Waals surface area (Å²) in [6.45, 7) is 11.0. The third kappa shape index (κ3) is 6.02. The Bertz CT molecular complexity index is 1860. The SMILES string of the molecule is C=C(S/C(C)=C\C)c1sc(-c2cccs2)cc1C1=C(c2cc(-c3cccs3)sc2/C(C)=C/C=C(/C)S)C(F)(F)C(F)(F)C1(F)F. The van der Waals surface area contributed by atoms with Crippen LogP contribution in [0.4, 0.5) is 26.3 Å². The number of allylic oxidation sites excluding steroid dienone is 8. The lowest BCUT2D eigenvalue weighted by Crippen LogP contribution is -2.48. The van der Waals surface area contributed by atoms with E-state index < -0.39 is 28.9 Å². The van der Waals surface area contributed by atoms with Crippen molar-refractivity contribution in [2.75, 3.05) is 0 Å². The van der Waals surface area contributed by atoms with Crippen LogP contribution in [0, 0.1) is 0 Å². The molecule has 1 aliphatic carbocycles. The van der Waals surface area contributed by atoms with Crippen LogP contribution < -0.4 is 0 Å². The molecule has 0 aliphatic heterocycles. The van der Waals surface area contributed by atoms with Crippen LogP contribution in [0.2, 0.25) is 0 Å². The van der Waals surface area contributed by atoms with Gasteiger partial charge in [-0.15, -0.1) is 58.0 Å². The van der Waals surface area contributed by atoms with Gasteiger partial charge in [0.25, 0.3) is 0 Å². The summed E-state index contributed by atoms with van der Waals surface area (Å²) in [5.74, 6) is -16.1. The highest BCUT2D eigenvalue weighted by Gasteiger charge is 2.80. The first-order valence-electron chi connectivity index (χ1n) is 13.4. The van der Waals surface area contributed by atoms with Gasteiger partial charge in [0.1, 0.15) is 0 Å². The molecule has 0 nitrogen and oxygen atoms in total. The first-order chi connectivity index (χ1) is 21.1. The first kappa shape index (κ1) is 34.1. The number of thiol groups is 1. The fraction of sp³-hybridized carbons (Fsp3) is 0.212. The number of alkyl halides is 6. The molecular formula is C33H26F6S6. The quantitative estimate of drug-likeness (QED) is 0.102. The summed E-state index contributed by atoms with van der Waals surface area (Å²) in [4.78, 5) is 4.42. The molecule has 0 amide bonds. The first-order valence-corrected chi connectivity index (χ1v) is 18.1. The van der Waals surface area contributed by atoms with E-state index in [1.165, 1.54) is 46.6 Å². The highest BCUT2D eigenvalue weighted by molar-refractivity contribution is 8.11. The minimum atomic E-state index is -5.69. The van der Waals surface area contributed by atoms with E-state index in [2.05, 4.69) is 19.2 Å². The molecule has 0 N–H and O–H groups in total.